The highest BCUT2D eigenvalue weighted by molar-refractivity contribution is 6.02. The summed E-state index contributed by atoms with van der Waals surface area (Å²) in [6.45, 7) is 5.71. The molecular weight excluding hydrogens is 340 g/mol. The Morgan fingerprint density at radius 2 is 1.74 bits per heavy atom. The van der Waals surface area contributed by atoms with Crippen LogP contribution in [0.15, 0.2) is 53.6 Å². The SMILES string of the molecule is CC(=NNC(=O)c1ccccc1)c1nn(C)c(-c2cc(C)cc(C)c2)c1O. The summed E-state index contributed by atoms with van der Waals surface area (Å²) in [6, 6.07) is 14.9. The lowest BCUT2D eigenvalue weighted by atomic mass is 10.0. The predicted octanol–water partition coefficient (Wildman–Crippen LogP) is 3.56. The Morgan fingerprint density at radius 1 is 1.11 bits per heavy atom. The van der Waals surface area contributed by atoms with Crippen LogP contribution in [0.5, 0.6) is 5.75 Å². The van der Waals surface area contributed by atoms with E-state index in [-0.39, 0.29) is 11.7 Å². The number of amides is 1. The normalized spacial score (nSPS) is 11.5. The highest BCUT2D eigenvalue weighted by Crippen LogP contribution is 2.33. The van der Waals surface area contributed by atoms with E-state index in [4.69, 9.17) is 0 Å². The van der Waals surface area contributed by atoms with Crippen molar-refractivity contribution < 1.29 is 9.90 Å². The molecule has 0 aliphatic heterocycles. The van der Waals surface area contributed by atoms with Crippen LogP contribution in [0.25, 0.3) is 11.3 Å². The van der Waals surface area contributed by atoms with Gasteiger partial charge in [-0.05, 0) is 45.0 Å². The lowest BCUT2D eigenvalue weighted by molar-refractivity contribution is 0.0955. The van der Waals surface area contributed by atoms with E-state index < -0.39 is 0 Å². The van der Waals surface area contributed by atoms with Gasteiger partial charge >= 0.3 is 0 Å². The van der Waals surface area contributed by atoms with E-state index in [1.165, 1.54) is 0 Å². The largest absolute Gasteiger partial charge is 0.504 e. The second kappa shape index (κ2) is 7.45. The number of aryl methyl sites for hydroxylation is 3. The van der Waals surface area contributed by atoms with Crippen LogP contribution in [0, 0.1) is 13.8 Å². The summed E-state index contributed by atoms with van der Waals surface area (Å²) < 4.78 is 1.62. The van der Waals surface area contributed by atoms with Crippen LogP contribution in [0.4, 0.5) is 0 Å². The van der Waals surface area contributed by atoms with Gasteiger partial charge in [0.2, 0.25) is 0 Å². The van der Waals surface area contributed by atoms with Crippen molar-refractivity contribution in [2.75, 3.05) is 0 Å². The van der Waals surface area contributed by atoms with E-state index in [1.807, 2.05) is 32.0 Å². The van der Waals surface area contributed by atoms with Gasteiger partial charge in [-0.2, -0.15) is 10.2 Å². The smallest absolute Gasteiger partial charge is 0.271 e. The van der Waals surface area contributed by atoms with Gasteiger partial charge in [0.05, 0.1) is 5.71 Å². The zero-order valence-electron chi connectivity index (χ0n) is 15.8. The van der Waals surface area contributed by atoms with Crippen molar-refractivity contribution in [1.29, 1.82) is 0 Å². The van der Waals surface area contributed by atoms with Crippen LogP contribution in [-0.4, -0.2) is 26.5 Å². The molecule has 0 saturated heterocycles. The summed E-state index contributed by atoms with van der Waals surface area (Å²) in [5, 5.41) is 19.2. The molecule has 6 heteroatoms. The van der Waals surface area contributed by atoms with E-state index >= 15 is 0 Å². The molecule has 3 rings (SSSR count). The maximum Gasteiger partial charge on any atom is 0.271 e. The highest BCUT2D eigenvalue weighted by Gasteiger charge is 2.19. The fraction of sp³-hybridized carbons (Fsp3) is 0.190. The fourth-order valence-corrected chi connectivity index (χ4v) is 3.03. The number of hydrazone groups is 1. The molecular formula is C21H22N4O2. The molecule has 3 aromatic rings. The quantitative estimate of drug-likeness (QED) is 0.550. The van der Waals surface area contributed by atoms with Crippen molar-refractivity contribution in [1.82, 2.24) is 15.2 Å². The second-order valence-electron chi connectivity index (χ2n) is 6.55. The summed E-state index contributed by atoms with van der Waals surface area (Å²) in [7, 11) is 1.77. The van der Waals surface area contributed by atoms with E-state index in [2.05, 4.69) is 21.7 Å². The predicted molar refractivity (Wildman–Crippen MR) is 106 cm³/mol. The lowest BCUT2D eigenvalue weighted by Gasteiger charge is -2.06. The van der Waals surface area contributed by atoms with Gasteiger partial charge in [-0.25, -0.2) is 5.43 Å². The third-order valence-corrected chi connectivity index (χ3v) is 4.22. The summed E-state index contributed by atoms with van der Waals surface area (Å²) >= 11 is 0. The molecule has 0 aliphatic rings. The van der Waals surface area contributed by atoms with E-state index in [1.54, 1.807) is 42.9 Å². The van der Waals surface area contributed by atoms with Crippen molar-refractivity contribution in [3.8, 4) is 17.0 Å². The number of nitrogens with one attached hydrogen (secondary N) is 1. The molecule has 27 heavy (non-hydrogen) atoms. The average Bonchev–Trinajstić information content (AvgIpc) is 2.93. The average molecular weight is 362 g/mol. The minimum Gasteiger partial charge on any atom is -0.504 e. The van der Waals surface area contributed by atoms with Crippen LogP contribution in [0.3, 0.4) is 0 Å². The number of carbonyl (C=O) groups is 1. The zero-order chi connectivity index (χ0) is 19.6. The third kappa shape index (κ3) is 3.89. The van der Waals surface area contributed by atoms with E-state index in [0.717, 1.165) is 16.7 Å². The molecule has 0 bridgehead atoms. The minimum absolute atomic E-state index is 0.0395. The molecule has 0 saturated carbocycles. The van der Waals surface area contributed by atoms with Crippen LogP contribution in [0.2, 0.25) is 0 Å². The van der Waals surface area contributed by atoms with Crippen molar-refractivity contribution in [2.45, 2.75) is 20.8 Å². The molecule has 0 atom stereocenters. The number of carbonyl (C=O) groups excluding carboxylic acids is 1. The molecule has 0 radical (unpaired) electrons. The Morgan fingerprint density at radius 3 is 2.37 bits per heavy atom. The van der Waals surface area contributed by atoms with Crippen LogP contribution in [-0.2, 0) is 7.05 Å². The molecule has 1 amide bonds. The van der Waals surface area contributed by atoms with Gasteiger partial charge in [0, 0.05) is 18.2 Å². The number of hydrogen-bond donors (Lipinski definition) is 2. The number of hydrogen-bond acceptors (Lipinski definition) is 4. The summed E-state index contributed by atoms with van der Waals surface area (Å²) in [6.07, 6.45) is 0. The molecule has 1 aromatic heterocycles. The van der Waals surface area contributed by atoms with Crippen LogP contribution < -0.4 is 5.43 Å². The maximum atomic E-state index is 12.1. The van der Waals surface area contributed by atoms with Gasteiger partial charge in [-0.15, -0.1) is 0 Å². The molecule has 2 N–H and O–H groups in total. The van der Waals surface area contributed by atoms with Crippen LogP contribution in [0.1, 0.15) is 34.1 Å². The van der Waals surface area contributed by atoms with Gasteiger partial charge in [0.1, 0.15) is 5.69 Å². The first kappa shape index (κ1) is 18.4. The first-order valence-electron chi connectivity index (χ1n) is 8.61. The Hall–Kier alpha value is -3.41. The van der Waals surface area contributed by atoms with Gasteiger partial charge in [0.25, 0.3) is 5.91 Å². The van der Waals surface area contributed by atoms with Gasteiger partial charge in [0.15, 0.2) is 11.4 Å². The third-order valence-electron chi connectivity index (χ3n) is 4.22. The summed E-state index contributed by atoms with van der Waals surface area (Å²) in [5.41, 5.74) is 7.46. The number of nitrogens with zero attached hydrogens (tertiary/aromatic N) is 3. The minimum atomic E-state index is -0.320. The first-order chi connectivity index (χ1) is 12.9. The van der Waals surface area contributed by atoms with Crippen molar-refractivity contribution in [3.05, 3.63) is 70.9 Å². The number of rotatable bonds is 4. The Balaban J connectivity index is 1.90. The van der Waals surface area contributed by atoms with E-state index in [9.17, 15) is 9.90 Å². The number of benzene rings is 2. The van der Waals surface area contributed by atoms with Crippen molar-refractivity contribution >= 4 is 11.6 Å². The van der Waals surface area contributed by atoms with Gasteiger partial charge < -0.3 is 5.11 Å². The summed E-state index contributed by atoms with van der Waals surface area (Å²) in [4.78, 5) is 12.1. The standard InChI is InChI=1S/C21H22N4O2/c1-13-10-14(2)12-17(11-13)19-20(26)18(24-25(19)4)15(3)22-23-21(27)16-8-6-5-7-9-16/h5-12,26H,1-4H3,(H,23,27). The first-order valence-corrected chi connectivity index (χ1v) is 8.61. The molecule has 6 nitrogen and oxygen atoms in total. The zero-order valence-corrected chi connectivity index (χ0v) is 15.8. The molecule has 0 unspecified atom stereocenters. The maximum absolute atomic E-state index is 12.1. The van der Waals surface area contributed by atoms with E-state index in [0.29, 0.717) is 22.7 Å². The fourth-order valence-electron chi connectivity index (χ4n) is 3.03. The number of aromatic hydroxyl groups is 1. The molecule has 0 fully saturated rings. The highest BCUT2D eigenvalue weighted by atomic mass is 16.3. The van der Waals surface area contributed by atoms with Crippen molar-refractivity contribution in [2.24, 2.45) is 12.1 Å². The monoisotopic (exact) mass is 362 g/mol. The van der Waals surface area contributed by atoms with Crippen molar-refractivity contribution in [3.63, 3.8) is 0 Å². The second-order valence-corrected chi connectivity index (χ2v) is 6.55. The Bertz CT molecular complexity index is 1000. The molecule has 0 spiro atoms. The molecule has 1 heterocycles. The molecule has 0 aliphatic carbocycles. The molecule has 138 valence electrons. The van der Waals surface area contributed by atoms with Crippen LogP contribution >= 0.6 is 0 Å². The summed E-state index contributed by atoms with van der Waals surface area (Å²) in [5.74, 6) is -0.280. The Kier molecular flexibility index (Phi) is 5.07. The Labute approximate surface area is 158 Å². The lowest BCUT2D eigenvalue weighted by Crippen LogP contribution is -2.19. The number of aromatic nitrogens is 2. The van der Waals surface area contributed by atoms with Gasteiger partial charge in [-0.1, -0.05) is 35.4 Å². The molecule has 2 aromatic carbocycles. The topological polar surface area (TPSA) is 79.5 Å². The van der Waals surface area contributed by atoms with Gasteiger partial charge in [-0.3, -0.25) is 9.48 Å².